The Bertz CT molecular complexity index is 351. The van der Waals surface area contributed by atoms with Crippen LogP contribution in [0.15, 0.2) is 24.4 Å². The Morgan fingerprint density at radius 1 is 1.40 bits per heavy atom. The summed E-state index contributed by atoms with van der Waals surface area (Å²) in [6, 6.07) is 4.26. The monoisotopic (exact) mass is 202 g/mol. The van der Waals surface area contributed by atoms with E-state index in [9.17, 15) is 0 Å². The van der Waals surface area contributed by atoms with Crippen LogP contribution in [0, 0.1) is 6.92 Å². The number of hydrogen-bond donors (Lipinski definition) is 0. The molecule has 0 fully saturated rings. The van der Waals surface area contributed by atoms with Crippen LogP contribution in [0.4, 0.5) is 0 Å². The van der Waals surface area contributed by atoms with Gasteiger partial charge in [-0.05, 0) is 37.1 Å². The first kappa shape index (κ1) is 10.4. The highest BCUT2D eigenvalue weighted by Gasteiger charge is 2.12. The summed E-state index contributed by atoms with van der Waals surface area (Å²) in [6.07, 6.45) is 5.42. The maximum absolute atomic E-state index is 4.48. The first-order valence-electron chi connectivity index (χ1n) is 5.64. The molecule has 0 saturated heterocycles. The first-order chi connectivity index (χ1) is 7.29. The van der Waals surface area contributed by atoms with Crippen LogP contribution in [-0.2, 0) is 0 Å². The van der Waals surface area contributed by atoms with E-state index in [2.05, 4.69) is 41.9 Å². The van der Waals surface area contributed by atoms with E-state index >= 15 is 0 Å². The second kappa shape index (κ2) is 4.58. The minimum absolute atomic E-state index is 1.05. The van der Waals surface area contributed by atoms with Crippen LogP contribution in [0.5, 0.6) is 0 Å². The van der Waals surface area contributed by atoms with Gasteiger partial charge >= 0.3 is 0 Å². The van der Waals surface area contributed by atoms with Crippen molar-refractivity contribution in [2.45, 2.75) is 20.3 Å². The van der Waals surface area contributed by atoms with Gasteiger partial charge in [0.05, 0.1) is 5.69 Å². The fraction of sp³-hybridized carbons (Fsp3) is 0.462. The molecule has 0 aromatic carbocycles. The summed E-state index contributed by atoms with van der Waals surface area (Å²) in [5.74, 6) is 0. The van der Waals surface area contributed by atoms with Crippen molar-refractivity contribution in [3.63, 3.8) is 0 Å². The quantitative estimate of drug-likeness (QED) is 0.732. The smallest absolute Gasteiger partial charge is 0.0671 e. The predicted octanol–water partition coefficient (Wildman–Crippen LogP) is 2.50. The molecule has 1 aromatic heterocycles. The zero-order valence-corrected chi connectivity index (χ0v) is 9.53. The normalized spacial score (nSPS) is 17.6. The highest BCUT2D eigenvalue weighted by Crippen LogP contribution is 2.18. The number of rotatable bonds is 2. The van der Waals surface area contributed by atoms with Crippen LogP contribution >= 0.6 is 0 Å². The molecule has 0 spiro atoms. The van der Waals surface area contributed by atoms with Crippen molar-refractivity contribution in [1.29, 1.82) is 0 Å². The summed E-state index contributed by atoms with van der Waals surface area (Å²) >= 11 is 0. The molecule has 0 radical (unpaired) electrons. The molecule has 0 atom stereocenters. The highest BCUT2D eigenvalue weighted by molar-refractivity contribution is 5.64. The third-order valence-corrected chi connectivity index (χ3v) is 2.92. The molecule has 0 saturated carbocycles. The number of aryl methyl sites for hydroxylation is 1. The summed E-state index contributed by atoms with van der Waals surface area (Å²) in [4.78, 5) is 6.93. The van der Waals surface area contributed by atoms with E-state index in [0.29, 0.717) is 0 Å². The van der Waals surface area contributed by atoms with Crippen molar-refractivity contribution in [2.24, 2.45) is 0 Å². The third-order valence-electron chi connectivity index (χ3n) is 2.92. The lowest BCUT2D eigenvalue weighted by Crippen LogP contribution is -2.29. The number of nitrogens with zero attached hydrogens (tertiary/aromatic N) is 2. The Morgan fingerprint density at radius 3 is 2.93 bits per heavy atom. The average Bonchev–Trinajstić information content (AvgIpc) is 2.30. The molecule has 15 heavy (non-hydrogen) atoms. The predicted molar refractivity (Wildman–Crippen MR) is 63.7 cm³/mol. The Hall–Kier alpha value is -1.15. The Morgan fingerprint density at radius 2 is 2.27 bits per heavy atom. The molecule has 2 nitrogen and oxygen atoms in total. The fourth-order valence-corrected chi connectivity index (χ4v) is 1.92. The van der Waals surface area contributed by atoms with Crippen molar-refractivity contribution in [3.05, 3.63) is 35.7 Å². The highest BCUT2D eigenvalue weighted by atomic mass is 15.1. The van der Waals surface area contributed by atoms with Crippen LogP contribution in [0.1, 0.15) is 24.6 Å². The standard InChI is InChI=1S/C13H18N2/c1-3-15-8-4-5-12(10-15)13-7-6-11(2)9-14-13/h5-7,9H,3-4,8,10H2,1-2H3. The summed E-state index contributed by atoms with van der Waals surface area (Å²) in [6.45, 7) is 7.65. The van der Waals surface area contributed by atoms with Crippen LogP contribution in [-0.4, -0.2) is 29.5 Å². The third kappa shape index (κ3) is 2.45. The minimum Gasteiger partial charge on any atom is -0.299 e. The van der Waals surface area contributed by atoms with Crippen molar-refractivity contribution in [1.82, 2.24) is 9.88 Å². The summed E-state index contributed by atoms with van der Waals surface area (Å²) in [7, 11) is 0. The molecule has 1 aliphatic rings. The van der Waals surface area contributed by atoms with Crippen molar-refractivity contribution >= 4 is 5.57 Å². The van der Waals surface area contributed by atoms with Gasteiger partial charge < -0.3 is 0 Å². The zero-order valence-electron chi connectivity index (χ0n) is 9.53. The van der Waals surface area contributed by atoms with Gasteiger partial charge in [-0.2, -0.15) is 0 Å². The number of likely N-dealkylation sites (N-methyl/N-ethyl adjacent to an activating group) is 1. The Kier molecular flexibility index (Phi) is 3.17. The van der Waals surface area contributed by atoms with E-state index in [-0.39, 0.29) is 0 Å². The van der Waals surface area contributed by atoms with Gasteiger partial charge in [0, 0.05) is 19.3 Å². The van der Waals surface area contributed by atoms with E-state index in [0.717, 1.165) is 25.2 Å². The van der Waals surface area contributed by atoms with Gasteiger partial charge in [-0.25, -0.2) is 0 Å². The van der Waals surface area contributed by atoms with Gasteiger partial charge in [-0.3, -0.25) is 9.88 Å². The van der Waals surface area contributed by atoms with E-state index in [1.165, 1.54) is 17.7 Å². The van der Waals surface area contributed by atoms with Gasteiger partial charge in [0.25, 0.3) is 0 Å². The van der Waals surface area contributed by atoms with Crippen molar-refractivity contribution in [3.8, 4) is 0 Å². The van der Waals surface area contributed by atoms with Gasteiger partial charge in [0.15, 0.2) is 0 Å². The van der Waals surface area contributed by atoms with Gasteiger partial charge in [-0.1, -0.05) is 19.1 Å². The lowest BCUT2D eigenvalue weighted by Gasteiger charge is -2.25. The molecule has 0 bridgehead atoms. The van der Waals surface area contributed by atoms with Crippen molar-refractivity contribution < 1.29 is 0 Å². The van der Waals surface area contributed by atoms with Gasteiger partial charge in [-0.15, -0.1) is 0 Å². The van der Waals surface area contributed by atoms with Crippen LogP contribution in [0.3, 0.4) is 0 Å². The molecule has 1 aliphatic heterocycles. The zero-order chi connectivity index (χ0) is 10.7. The van der Waals surface area contributed by atoms with E-state index in [1.54, 1.807) is 0 Å². The largest absolute Gasteiger partial charge is 0.299 e. The molecule has 2 heteroatoms. The Balaban J connectivity index is 2.17. The molecule has 2 heterocycles. The maximum atomic E-state index is 4.48. The Labute approximate surface area is 91.6 Å². The first-order valence-corrected chi connectivity index (χ1v) is 5.64. The summed E-state index contributed by atoms with van der Waals surface area (Å²) < 4.78 is 0. The summed E-state index contributed by atoms with van der Waals surface area (Å²) in [5.41, 5.74) is 3.74. The van der Waals surface area contributed by atoms with Gasteiger partial charge in [0.1, 0.15) is 0 Å². The second-order valence-corrected chi connectivity index (χ2v) is 4.11. The number of aromatic nitrogens is 1. The maximum Gasteiger partial charge on any atom is 0.0671 e. The fourth-order valence-electron chi connectivity index (χ4n) is 1.92. The van der Waals surface area contributed by atoms with Crippen molar-refractivity contribution in [2.75, 3.05) is 19.6 Å². The molecule has 0 amide bonds. The molecule has 0 aliphatic carbocycles. The molecule has 2 rings (SSSR count). The lowest BCUT2D eigenvalue weighted by atomic mass is 10.1. The van der Waals surface area contributed by atoms with Crippen LogP contribution < -0.4 is 0 Å². The number of pyridine rings is 1. The SMILES string of the molecule is CCN1CCC=C(c2ccc(C)cn2)C1. The van der Waals surface area contributed by atoms with Gasteiger partial charge in [0.2, 0.25) is 0 Å². The molecule has 0 unspecified atom stereocenters. The molecule has 0 N–H and O–H groups in total. The average molecular weight is 202 g/mol. The van der Waals surface area contributed by atoms with Crippen LogP contribution in [0.25, 0.3) is 5.57 Å². The second-order valence-electron chi connectivity index (χ2n) is 4.11. The topological polar surface area (TPSA) is 16.1 Å². The summed E-state index contributed by atoms with van der Waals surface area (Å²) in [5, 5.41) is 0. The van der Waals surface area contributed by atoms with E-state index < -0.39 is 0 Å². The minimum atomic E-state index is 1.05. The van der Waals surface area contributed by atoms with Crippen LogP contribution in [0.2, 0.25) is 0 Å². The lowest BCUT2D eigenvalue weighted by molar-refractivity contribution is 0.321. The molecular weight excluding hydrogens is 184 g/mol. The molecule has 1 aromatic rings. The molecular formula is C13H18N2. The number of hydrogen-bond acceptors (Lipinski definition) is 2. The van der Waals surface area contributed by atoms with E-state index in [4.69, 9.17) is 0 Å². The molecule has 80 valence electrons. The van der Waals surface area contributed by atoms with E-state index in [1.807, 2.05) is 6.20 Å².